The summed E-state index contributed by atoms with van der Waals surface area (Å²) in [6, 6.07) is 0.509. The van der Waals surface area contributed by atoms with Gasteiger partial charge in [0.2, 0.25) is 0 Å². The van der Waals surface area contributed by atoms with Crippen molar-refractivity contribution in [2.24, 2.45) is 5.92 Å². The van der Waals surface area contributed by atoms with Gasteiger partial charge in [-0.05, 0) is 24.8 Å². The van der Waals surface area contributed by atoms with Crippen LogP contribution in [0.15, 0.2) is 12.2 Å². The summed E-state index contributed by atoms with van der Waals surface area (Å²) in [5.74, 6) is 0.696. The zero-order valence-corrected chi connectivity index (χ0v) is 11.0. The standard InChI is InChI=1S/C13H27NO/c1-10(2)7-13(6)15-9-12(5)8-14-11(3)4/h10-11,13-14H,5,7-9H2,1-4,6H3. The van der Waals surface area contributed by atoms with Crippen LogP contribution < -0.4 is 5.32 Å². The van der Waals surface area contributed by atoms with Gasteiger partial charge in [-0.1, -0.05) is 34.3 Å². The van der Waals surface area contributed by atoms with E-state index in [2.05, 4.69) is 46.5 Å². The van der Waals surface area contributed by atoms with Gasteiger partial charge in [0, 0.05) is 12.6 Å². The second-order valence-electron chi connectivity index (χ2n) is 5.04. The molecule has 0 heterocycles. The molecule has 0 amide bonds. The zero-order valence-electron chi connectivity index (χ0n) is 11.0. The van der Waals surface area contributed by atoms with Crippen LogP contribution in [-0.2, 0) is 4.74 Å². The number of ether oxygens (including phenoxy) is 1. The van der Waals surface area contributed by atoms with Crippen molar-refractivity contribution in [1.29, 1.82) is 0 Å². The lowest BCUT2D eigenvalue weighted by Gasteiger charge is -2.17. The van der Waals surface area contributed by atoms with Crippen molar-refractivity contribution in [2.75, 3.05) is 13.2 Å². The molecule has 0 aromatic heterocycles. The smallest absolute Gasteiger partial charge is 0.0690 e. The van der Waals surface area contributed by atoms with E-state index >= 15 is 0 Å². The summed E-state index contributed by atoms with van der Waals surface area (Å²) < 4.78 is 5.71. The molecule has 2 nitrogen and oxygen atoms in total. The third-order valence-corrected chi connectivity index (χ3v) is 2.14. The van der Waals surface area contributed by atoms with Crippen molar-refractivity contribution >= 4 is 0 Å². The van der Waals surface area contributed by atoms with Crippen LogP contribution in [0.5, 0.6) is 0 Å². The van der Waals surface area contributed by atoms with Crippen molar-refractivity contribution in [3.05, 3.63) is 12.2 Å². The highest BCUT2D eigenvalue weighted by atomic mass is 16.5. The van der Waals surface area contributed by atoms with Gasteiger partial charge in [-0.2, -0.15) is 0 Å². The Morgan fingerprint density at radius 1 is 1.20 bits per heavy atom. The molecule has 15 heavy (non-hydrogen) atoms. The molecule has 2 heteroatoms. The van der Waals surface area contributed by atoms with E-state index in [-0.39, 0.29) is 0 Å². The van der Waals surface area contributed by atoms with Gasteiger partial charge >= 0.3 is 0 Å². The molecule has 0 bridgehead atoms. The molecule has 0 radical (unpaired) electrons. The maximum atomic E-state index is 5.71. The lowest BCUT2D eigenvalue weighted by Crippen LogP contribution is -2.26. The van der Waals surface area contributed by atoms with Gasteiger partial charge in [0.05, 0.1) is 12.7 Å². The molecular formula is C13H27NO. The van der Waals surface area contributed by atoms with Crippen LogP contribution in [0.1, 0.15) is 41.0 Å². The number of hydrogen-bond donors (Lipinski definition) is 1. The normalized spacial score (nSPS) is 13.5. The van der Waals surface area contributed by atoms with Crippen LogP contribution in [0.4, 0.5) is 0 Å². The minimum Gasteiger partial charge on any atom is -0.374 e. The molecule has 0 spiro atoms. The summed E-state index contributed by atoms with van der Waals surface area (Å²) in [7, 11) is 0. The predicted octanol–water partition coefficient (Wildman–Crippen LogP) is 2.99. The van der Waals surface area contributed by atoms with E-state index in [1.807, 2.05) is 0 Å². The van der Waals surface area contributed by atoms with Gasteiger partial charge in [0.25, 0.3) is 0 Å². The largest absolute Gasteiger partial charge is 0.374 e. The van der Waals surface area contributed by atoms with E-state index < -0.39 is 0 Å². The molecule has 1 N–H and O–H groups in total. The predicted molar refractivity (Wildman–Crippen MR) is 67.1 cm³/mol. The van der Waals surface area contributed by atoms with E-state index in [9.17, 15) is 0 Å². The average Bonchev–Trinajstić information content (AvgIpc) is 2.10. The zero-order chi connectivity index (χ0) is 11.8. The Balaban J connectivity index is 3.53. The molecular weight excluding hydrogens is 186 g/mol. The Kier molecular flexibility index (Phi) is 7.71. The highest BCUT2D eigenvalue weighted by Crippen LogP contribution is 2.08. The second kappa shape index (κ2) is 7.89. The van der Waals surface area contributed by atoms with Crippen LogP contribution in [0, 0.1) is 5.92 Å². The number of hydrogen-bond acceptors (Lipinski definition) is 2. The summed E-state index contributed by atoms with van der Waals surface area (Å²) in [5.41, 5.74) is 1.12. The molecule has 0 aliphatic heterocycles. The Morgan fingerprint density at radius 3 is 2.27 bits per heavy atom. The highest BCUT2D eigenvalue weighted by molar-refractivity contribution is 4.97. The van der Waals surface area contributed by atoms with Crippen LogP contribution in [0.3, 0.4) is 0 Å². The van der Waals surface area contributed by atoms with E-state index in [1.54, 1.807) is 0 Å². The topological polar surface area (TPSA) is 21.3 Å². The number of rotatable bonds is 8. The molecule has 0 saturated carbocycles. The minimum atomic E-state index is 0.334. The summed E-state index contributed by atoms with van der Waals surface area (Å²) in [5, 5.41) is 3.33. The van der Waals surface area contributed by atoms with E-state index in [1.165, 1.54) is 0 Å². The van der Waals surface area contributed by atoms with Crippen molar-refractivity contribution in [3.63, 3.8) is 0 Å². The first-order valence-electron chi connectivity index (χ1n) is 5.93. The van der Waals surface area contributed by atoms with Gasteiger partial charge in [-0.3, -0.25) is 0 Å². The second-order valence-corrected chi connectivity index (χ2v) is 5.04. The maximum absolute atomic E-state index is 5.71. The molecule has 0 aliphatic carbocycles. The first kappa shape index (κ1) is 14.7. The molecule has 0 rings (SSSR count). The molecule has 0 aliphatic rings. The molecule has 0 aromatic carbocycles. The lowest BCUT2D eigenvalue weighted by atomic mass is 10.1. The van der Waals surface area contributed by atoms with E-state index in [0.29, 0.717) is 24.7 Å². The Labute approximate surface area is 95.1 Å². The van der Waals surface area contributed by atoms with Crippen molar-refractivity contribution in [1.82, 2.24) is 5.32 Å². The van der Waals surface area contributed by atoms with Crippen molar-refractivity contribution < 1.29 is 4.74 Å². The molecule has 0 aromatic rings. The molecule has 90 valence electrons. The Morgan fingerprint density at radius 2 is 1.80 bits per heavy atom. The molecule has 0 saturated heterocycles. The van der Waals surface area contributed by atoms with Crippen LogP contribution in [-0.4, -0.2) is 25.3 Å². The first-order valence-corrected chi connectivity index (χ1v) is 5.93. The van der Waals surface area contributed by atoms with Crippen molar-refractivity contribution in [2.45, 2.75) is 53.2 Å². The van der Waals surface area contributed by atoms with Crippen LogP contribution in [0.2, 0.25) is 0 Å². The number of nitrogens with one attached hydrogen (secondary N) is 1. The van der Waals surface area contributed by atoms with E-state index in [0.717, 1.165) is 18.5 Å². The Hall–Kier alpha value is -0.340. The lowest BCUT2D eigenvalue weighted by molar-refractivity contribution is 0.0672. The maximum Gasteiger partial charge on any atom is 0.0690 e. The monoisotopic (exact) mass is 213 g/mol. The van der Waals surface area contributed by atoms with Gasteiger partial charge in [0.1, 0.15) is 0 Å². The summed E-state index contributed by atoms with van der Waals surface area (Å²) in [4.78, 5) is 0. The van der Waals surface area contributed by atoms with Crippen LogP contribution in [0.25, 0.3) is 0 Å². The summed E-state index contributed by atoms with van der Waals surface area (Å²) in [6.45, 7) is 16.3. The third-order valence-electron chi connectivity index (χ3n) is 2.14. The Bertz CT molecular complexity index is 175. The van der Waals surface area contributed by atoms with E-state index in [4.69, 9.17) is 4.74 Å². The first-order chi connectivity index (χ1) is 6.91. The summed E-state index contributed by atoms with van der Waals surface area (Å²) >= 11 is 0. The minimum absolute atomic E-state index is 0.334. The van der Waals surface area contributed by atoms with Gasteiger partial charge in [-0.15, -0.1) is 0 Å². The SMILES string of the molecule is C=C(CNC(C)C)COC(C)CC(C)C. The summed E-state index contributed by atoms with van der Waals surface area (Å²) in [6.07, 6.45) is 1.45. The molecule has 1 unspecified atom stereocenters. The molecule has 0 fully saturated rings. The quantitative estimate of drug-likeness (QED) is 0.626. The third kappa shape index (κ3) is 9.95. The van der Waals surface area contributed by atoms with Gasteiger partial charge in [-0.25, -0.2) is 0 Å². The van der Waals surface area contributed by atoms with Gasteiger partial charge in [0.15, 0.2) is 0 Å². The fraction of sp³-hybridized carbons (Fsp3) is 0.846. The van der Waals surface area contributed by atoms with Gasteiger partial charge < -0.3 is 10.1 Å². The molecule has 1 atom stereocenters. The highest BCUT2D eigenvalue weighted by Gasteiger charge is 2.05. The van der Waals surface area contributed by atoms with Crippen LogP contribution >= 0.6 is 0 Å². The average molecular weight is 213 g/mol. The van der Waals surface area contributed by atoms with Crippen molar-refractivity contribution in [3.8, 4) is 0 Å². The fourth-order valence-corrected chi connectivity index (χ4v) is 1.39. The fourth-order valence-electron chi connectivity index (χ4n) is 1.39.